The first-order valence-corrected chi connectivity index (χ1v) is 6.06. The Balaban J connectivity index is 1.82. The van der Waals surface area contributed by atoms with E-state index in [0.29, 0.717) is 19.6 Å². The van der Waals surface area contributed by atoms with E-state index in [-0.39, 0.29) is 19.2 Å². The number of furan rings is 1. The molecule has 7 nitrogen and oxygen atoms in total. The molecular weight excluding hydrogens is 252 g/mol. The van der Waals surface area contributed by atoms with Crippen LogP contribution < -0.4 is 5.32 Å². The molecule has 1 aliphatic heterocycles. The van der Waals surface area contributed by atoms with Crippen molar-refractivity contribution in [1.29, 1.82) is 0 Å². The normalized spacial score (nSPS) is 19.2. The van der Waals surface area contributed by atoms with E-state index in [1.807, 2.05) is 6.07 Å². The van der Waals surface area contributed by atoms with Crippen molar-refractivity contribution in [2.75, 3.05) is 26.3 Å². The molecule has 0 saturated carbocycles. The zero-order valence-electron chi connectivity index (χ0n) is 10.4. The van der Waals surface area contributed by atoms with Gasteiger partial charge < -0.3 is 24.5 Å². The van der Waals surface area contributed by atoms with Gasteiger partial charge in [0.15, 0.2) is 6.04 Å². The van der Waals surface area contributed by atoms with Crippen LogP contribution >= 0.6 is 0 Å². The molecule has 1 aromatic heterocycles. The van der Waals surface area contributed by atoms with Gasteiger partial charge in [0.2, 0.25) is 0 Å². The van der Waals surface area contributed by atoms with Crippen LogP contribution in [0.3, 0.4) is 0 Å². The minimum atomic E-state index is -1.05. The third-order valence-corrected chi connectivity index (χ3v) is 2.90. The summed E-state index contributed by atoms with van der Waals surface area (Å²) in [5, 5.41) is 11.7. The molecule has 2 heterocycles. The number of ether oxygens (including phenoxy) is 1. The zero-order chi connectivity index (χ0) is 13.7. The number of carbonyl (C=O) groups is 2. The molecule has 19 heavy (non-hydrogen) atoms. The van der Waals surface area contributed by atoms with Gasteiger partial charge in [-0.05, 0) is 12.1 Å². The first-order valence-electron chi connectivity index (χ1n) is 6.06. The van der Waals surface area contributed by atoms with Crippen molar-refractivity contribution in [3.05, 3.63) is 24.2 Å². The smallest absolute Gasteiger partial charge is 0.328 e. The van der Waals surface area contributed by atoms with Crippen LogP contribution in [0.5, 0.6) is 0 Å². The number of urea groups is 1. The molecule has 104 valence electrons. The van der Waals surface area contributed by atoms with Crippen molar-refractivity contribution in [1.82, 2.24) is 10.2 Å². The first kappa shape index (κ1) is 13.4. The second kappa shape index (κ2) is 6.24. The number of nitrogens with one attached hydrogen (secondary N) is 1. The fourth-order valence-electron chi connectivity index (χ4n) is 1.90. The molecule has 0 aromatic carbocycles. The van der Waals surface area contributed by atoms with Crippen molar-refractivity contribution in [3.63, 3.8) is 0 Å². The molecule has 0 aliphatic carbocycles. The Labute approximate surface area is 110 Å². The predicted molar refractivity (Wildman–Crippen MR) is 64.8 cm³/mol. The Kier molecular flexibility index (Phi) is 4.40. The van der Waals surface area contributed by atoms with Gasteiger partial charge in [0.05, 0.1) is 19.5 Å². The van der Waals surface area contributed by atoms with E-state index in [2.05, 4.69) is 5.32 Å². The Morgan fingerprint density at radius 1 is 1.53 bits per heavy atom. The average Bonchev–Trinajstić information content (AvgIpc) is 2.91. The van der Waals surface area contributed by atoms with E-state index in [9.17, 15) is 9.59 Å². The van der Waals surface area contributed by atoms with E-state index < -0.39 is 12.0 Å². The lowest BCUT2D eigenvalue weighted by atomic mass is 10.2. The van der Waals surface area contributed by atoms with E-state index in [1.54, 1.807) is 12.3 Å². The molecule has 7 heteroatoms. The van der Waals surface area contributed by atoms with Gasteiger partial charge in [-0.3, -0.25) is 0 Å². The summed E-state index contributed by atoms with van der Waals surface area (Å²) in [5.74, 6) is -0.280. The van der Waals surface area contributed by atoms with Crippen LogP contribution in [0.25, 0.3) is 0 Å². The molecule has 2 rings (SSSR count). The molecule has 1 unspecified atom stereocenters. The number of amides is 2. The lowest BCUT2D eigenvalue weighted by Crippen LogP contribution is -2.55. The topological polar surface area (TPSA) is 92.0 Å². The number of hydrogen-bond acceptors (Lipinski definition) is 4. The highest BCUT2D eigenvalue weighted by atomic mass is 16.5. The Bertz CT molecular complexity index is 431. The molecule has 1 saturated heterocycles. The minimum absolute atomic E-state index is 0.0287. The Morgan fingerprint density at radius 3 is 3.05 bits per heavy atom. The zero-order valence-corrected chi connectivity index (χ0v) is 10.4. The molecule has 1 aliphatic rings. The maximum atomic E-state index is 11.9. The number of rotatable bonds is 4. The van der Waals surface area contributed by atoms with Gasteiger partial charge in [-0.2, -0.15) is 0 Å². The van der Waals surface area contributed by atoms with Crippen molar-refractivity contribution in [3.8, 4) is 0 Å². The Morgan fingerprint density at radius 2 is 2.37 bits per heavy atom. The van der Waals surface area contributed by atoms with E-state index in [4.69, 9.17) is 14.3 Å². The number of nitrogens with zero attached hydrogens (tertiary/aromatic N) is 1. The highest BCUT2D eigenvalue weighted by Gasteiger charge is 2.32. The third-order valence-electron chi connectivity index (χ3n) is 2.90. The highest BCUT2D eigenvalue weighted by molar-refractivity contribution is 5.83. The van der Waals surface area contributed by atoms with Gasteiger partial charge in [-0.1, -0.05) is 0 Å². The Hall–Kier alpha value is -2.02. The van der Waals surface area contributed by atoms with Crippen molar-refractivity contribution >= 4 is 12.0 Å². The van der Waals surface area contributed by atoms with Crippen molar-refractivity contribution in [2.24, 2.45) is 0 Å². The number of hydrogen-bond donors (Lipinski definition) is 2. The van der Waals surface area contributed by atoms with Crippen LogP contribution in [0.1, 0.15) is 5.76 Å². The number of morpholine rings is 1. The predicted octanol–water partition coefficient (Wildman–Crippen LogP) is 0.317. The third kappa shape index (κ3) is 3.47. The molecule has 0 bridgehead atoms. The van der Waals surface area contributed by atoms with Gasteiger partial charge in [-0.25, -0.2) is 9.59 Å². The number of aliphatic carboxylic acids is 1. The van der Waals surface area contributed by atoms with Gasteiger partial charge in [-0.15, -0.1) is 0 Å². The van der Waals surface area contributed by atoms with Gasteiger partial charge in [0.25, 0.3) is 0 Å². The van der Waals surface area contributed by atoms with E-state index in [0.717, 1.165) is 5.76 Å². The van der Waals surface area contributed by atoms with Crippen LogP contribution in [0.4, 0.5) is 4.79 Å². The monoisotopic (exact) mass is 268 g/mol. The summed E-state index contributed by atoms with van der Waals surface area (Å²) in [4.78, 5) is 24.2. The second-order valence-corrected chi connectivity index (χ2v) is 4.18. The van der Waals surface area contributed by atoms with Crippen LogP contribution in [0.15, 0.2) is 22.8 Å². The van der Waals surface area contributed by atoms with E-state index >= 15 is 0 Å². The highest BCUT2D eigenvalue weighted by Crippen LogP contribution is 2.07. The molecule has 1 atom stereocenters. The van der Waals surface area contributed by atoms with Crippen LogP contribution in [0, 0.1) is 0 Å². The number of carbonyl (C=O) groups excluding carboxylic acids is 1. The summed E-state index contributed by atoms with van der Waals surface area (Å²) in [6, 6.07) is 2.29. The molecule has 2 amide bonds. The summed E-state index contributed by atoms with van der Waals surface area (Å²) in [6.07, 6.45) is 2.14. The summed E-state index contributed by atoms with van der Waals surface area (Å²) in [5.41, 5.74) is 0. The fourth-order valence-corrected chi connectivity index (χ4v) is 1.90. The quantitative estimate of drug-likeness (QED) is 0.820. The fraction of sp³-hybridized carbons (Fsp3) is 0.500. The minimum Gasteiger partial charge on any atom is -0.480 e. The molecule has 2 N–H and O–H groups in total. The average molecular weight is 268 g/mol. The molecule has 0 radical (unpaired) electrons. The number of carboxylic acids is 1. The summed E-state index contributed by atoms with van der Waals surface area (Å²) < 4.78 is 10.2. The standard InChI is InChI=1S/C12H16N2O5/c15-11(16)10-8-18-7-5-14(10)12(17)13-4-3-9-2-1-6-19-9/h1-2,6,10H,3-5,7-8H2,(H,13,17)(H,15,16). The summed E-state index contributed by atoms with van der Waals surface area (Å²) >= 11 is 0. The maximum absolute atomic E-state index is 11.9. The van der Waals surface area contributed by atoms with Crippen LogP contribution in [-0.2, 0) is 16.0 Å². The first-order chi connectivity index (χ1) is 9.18. The van der Waals surface area contributed by atoms with E-state index in [1.165, 1.54) is 4.90 Å². The van der Waals surface area contributed by atoms with Gasteiger partial charge in [0.1, 0.15) is 5.76 Å². The lowest BCUT2D eigenvalue weighted by Gasteiger charge is -2.32. The number of carboxylic acid groups (broad SMARTS) is 1. The molecular formula is C12H16N2O5. The molecule has 1 fully saturated rings. The SMILES string of the molecule is O=C(O)C1COCCN1C(=O)NCCc1ccco1. The van der Waals surface area contributed by atoms with Crippen molar-refractivity contribution < 1.29 is 23.8 Å². The molecule has 1 aromatic rings. The summed E-state index contributed by atoms with van der Waals surface area (Å²) in [7, 11) is 0. The summed E-state index contributed by atoms with van der Waals surface area (Å²) in [6.45, 7) is 1.07. The lowest BCUT2D eigenvalue weighted by molar-refractivity contribution is -0.147. The largest absolute Gasteiger partial charge is 0.480 e. The van der Waals surface area contributed by atoms with Gasteiger partial charge in [0, 0.05) is 19.5 Å². The second-order valence-electron chi connectivity index (χ2n) is 4.18. The van der Waals surface area contributed by atoms with Crippen LogP contribution in [-0.4, -0.2) is 54.4 Å². The van der Waals surface area contributed by atoms with Crippen LogP contribution in [0.2, 0.25) is 0 Å². The van der Waals surface area contributed by atoms with Crippen molar-refractivity contribution in [2.45, 2.75) is 12.5 Å². The maximum Gasteiger partial charge on any atom is 0.328 e. The van der Waals surface area contributed by atoms with Gasteiger partial charge >= 0.3 is 12.0 Å². The molecule has 0 spiro atoms.